The average Bonchev–Trinajstić information content (AvgIpc) is 2.61. The molecule has 1 amide bonds. The number of para-hydroxylation sites is 1. The van der Waals surface area contributed by atoms with Gasteiger partial charge in [0.2, 0.25) is 5.91 Å². The molecule has 0 saturated carbocycles. The summed E-state index contributed by atoms with van der Waals surface area (Å²) >= 11 is 0. The molecule has 0 fully saturated rings. The van der Waals surface area contributed by atoms with E-state index in [-0.39, 0.29) is 24.4 Å². The van der Waals surface area contributed by atoms with Crippen LogP contribution in [0.15, 0.2) is 24.3 Å². The predicted octanol–water partition coefficient (Wildman–Crippen LogP) is 2.96. The first-order valence-corrected chi connectivity index (χ1v) is 7.36. The number of rotatable bonds is 4. The van der Waals surface area contributed by atoms with Crippen LogP contribution in [0, 0.1) is 0 Å². The van der Waals surface area contributed by atoms with Gasteiger partial charge in [0, 0.05) is 5.56 Å². The van der Waals surface area contributed by atoms with Crippen molar-refractivity contribution >= 4 is 18.3 Å². The Morgan fingerprint density at radius 3 is 2.90 bits per heavy atom. The first-order chi connectivity index (χ1) is 9.54. The van der Waals surface area contributed by atoms with Crippen molar-refractivity contribution in [1.29, 1.82) is 0 Å². The Morgan fingerprint density at radius 1 is 1.48 bits per heavy atom. The van der Waals surface area contributed by atoms with Gasteiger partial charge >= 0.3 is 0 Å². The SMILES string of the molecule is CCCC(C)(N)C(=O)NC1CCCOc2ccccc21.Cl. The number of ether oxygens (including phenoxy) is 1. The zero-order chi connectivity index (χ0) is 14.6. The molecule has 0 bridgehead atoms. The van der Waals surface area contributed by atoms with E-state index in [1.54, 1.807) is 6.92 Å². The molecule has 2 unspecified atom stereocenters. The van der Waals surface area contributed by atoms with Crippen molar-refractivity contribution in [3.63, 3.8) is 0 Å². The summed E-state index contributed by atoms with van der Waals surface area (Å²) in [5.74, 6) is 0.783. The largest absolute Gasteiger partial charge is 0.493 e. The molecule has 0 spiro atoms. The minimum Gasteiger partial charge on any atom is -0.493 e. The fourth-order valence-corrected chi connectivity index (χ4v) is 2.63. The van der Waals surface area contributed by atoms with Gasteiger partial charge in [0.15, 0.2) is 0 Å². The Labute approximate surface area is 132 Å². The standard InChI is InChI=1S/C16H24N2O2.ClH/c1-3-10-16(2,17)15(19)18-13-8-6-11-20-14-9-5-4-7-12(13)14;/h4-5,7,9,13H,3,6,8,10-11,17H2,1-2H3,(H,18,19);1H. The van der Waals surface area contributed by atoms with Gasteiger partial charge in [0.25, 0.3) is 0 Å². The number of carbonyl (C=O) groups excluding carboxylic acids is 1. The molecule has 0 aliphatic carbocycles. The second-order valence-corrected chi connectivity index (χ2v) is 5.72. The Balaban J connectivity index is 0.00000220. The van der Waals surface area contributed by atoms with Gasteiger partial charge < -0.3 is 15.8 Å². The topological polar surface area (TPSA) is 64.4 Å². The van der Waals surface area contributed by atoms with E-state index in [0.717, 1.165) is 30.6 Å². The van der Waals surface area contributed by atoms with Crippen LogP contribution in [-0.4, -0.2) is 18.1 Å². The van der Waals surface area contributed by atoms with E-state index in [9.17, 15) is 4.79 Å². The maximum atomic E-state index is 12.4. The summed E-state index contributed by atoms with van der Waals surface area (Å²) in [7, 11) is 0. The van der Waals surface area contributed by atoms with Crippen molar-refractivity contribution in [3.8, 4) is 5.75 Å². The summed E-state index contributed by atoms with van der Waals surface area (Å²) < 4.78 is 5.71. The molecular weight excluding hydrogens is 288 g/mol. The summed E-state index contributed by atoms with van der Waals surface area (Å²) in [4.78, 5) is 12.4. The molecule has 0 radical (unpaired) electrons. The number of carbonyl (C=O) groups is 1. The lowest BCUT2D eigenvalue weighted by Crippen LogP contribution is -2.52. The molecule has 0 saturated heterocycles. The molecule has 1 heterocycles. The minimum atomic E-state index is -0.809. The molecule has 4 nitrogen and oxygen atoms in total. The average molecular weight is 313 g/mol. The minimum absolute atomic E-state index is 0. The Kier molecular flexibility index (Phi) is 6.49. The monoisotopic (exact) mass is 312 g/mol. The van der Waals surface area contributed by atoms with Gasteiger partial charge in [0.1, 0.15) is 5.75 Å². The number of halogens is 1. The van der Waals surface area contributed by atoms with Crippen LogP contribution in [0.25, 0.3) is 0 Å². The zero-order valence-electron chi connectivity index (χ0n) is 12.7. The Morgan fingerprint density at radius 2 is 2.19 bits per heavy atom. The Bertz CT molecular complexity index is 477. The van der Waals surface area contributed by atoms with Crippen LogP contribution in [0.4, 0.5) is 0 Å². The quantitative estimate of drug-likeness (QED) is 0.898. The number of nitrogens with two attached hydrogens (primary N) is 1. The van der Waals surface area contributed by atoms with E-state index >= 15 is 0 Å². The molecular formula is C16H25ClN2O2. The maximum Gasteiger partial charge on any atom is 0.240 e. The zero-order valence-corrected chi connectivity index (χ0v) is 13.5. The fourth-order valence-electron chi connectivity index (χ4n) is 2.63. The first kappa shape index (κ1) is 17.8. The van der Waals surface area contributed by atoms with Gasteiger partial charge in [-0.2, -0.15) is 0 Å². The van der Waals surface area contributed by atoms with Crippen molar-refractivity contribution in [1.82, 2.24) is 5.32 Å². The third-order valence-electron chi connectivity index (χ3n) is 3.78. The molecule has 1 aliphatic rings. The number of hydrogen-bond acceptors (Lipinski definition) is 3. The number of benzene rings is 1. The molecule has 3 N–H and O–H groups in total. The van der Waals surface area contributed by atoms with Crippen LogP contribution in [0.5, 0.6) is 5.75 Å². The van der Waals surface area contributed by atoms with Crippen LogP contribution in [0.1, 0.15) is 51.1 Å². The summed E-state index contributed by atoms with van der Waals surface area (Å²) in [5, 5.41) is 3.10. The highest BCUT2D eigenvalue weighted by Gasteiger charge is 2.30. The molecule has 2 rings (SSSR count). The van der Waals surface area contributed by atoms with Crippen LogP contribution >= 0.6 is 12.4 Å². The third kappa shape index (κ3) is 4.35. The maximum absolute atomic E-state index is 12.4. The second-order valence-electron chi connectivity index (χ2n) is 5.72. The van der Waals surface area contributed by atoms with Crippen LogP contribution < -0.4 is 15.8 Å². The molecule has 1 aliphatic heterocycles. The van der Waals surface area contributed by atoms with Crippen LogP contribution in [0.2, 0.25) is 0 Å². The summed E-state index contributed by atoms with van der Waals surface area (Å²) in [6, 6.07) is 7.88. The Hall–Kier alpha value is -1.26. The highest BCUT2D eigenvalue weighted by molar-refractivity contribution is 5.86. The normalized spacial score (nSPS) is 20.0. The van der Waals surface area contributed by atoms with E-state index in [2.05, 4.69) is 5.32 Å². The van der Waals surface area contributed by atoms with Crippen molar-refractivity contribution in [2.24, 2.45) is 5.73 Å². The lowest BCUT2D eigenvalue weighted by Gasteiger charge is -2.27. The van der Waals surface area contributed by atoms with Crippen molar-refractivity contribution in [2.45, 2.75) is 51.1 Å². The first-order valence-electron chi connectivity index (χ1n) is 7.36. The molecule has 5 heteroatoms. The summed E-state index contributed by atoms with van der Waals surface area (Å²) in [5.41, 5.74) is 6.34. The van der Waals surface area contributed by atoms with E-state index in [4.69, 9.17) is 10.5 Å². The highest BCUT2D eigenvalue weighted by atomic mass is 35.5. The van der Waals surface area contributed by atoms with Crippen molar-refractivity contribution in [2.75, 3.05) is 6.61 Å². The third-order valence-corrected chi connectivity index (χ3v) is 3.78. The van der Waals surface area contributed by atoms with Crippen LogP contribution in [-0.2, 0) is 4.79 Å². The van der Waals surface area contributed by atoms with Gasteiger partial charge in [-0.25, -0.2) is 0 Å². The molecule has 0 aromatic heterocycles. The van der Waals surface area contributed by atoms with Gasteiger partial charge in [-0.1, -0.05) is 31.5 Å². The molecule has 1 aromatic carbocycles. The molecule has 1 aromatic rings. The summed E-state index contributed by atoms with van der Waals surface area (Å²) in [6.45, 7) is 4.52. The molecule has 21 heavy (non-hydrogen) atoms. The number of hydrogen-bond donors (Lipinski definition) is 2. The van der Waals surface area contributed by atoms with Crippen LogP contribution in [0.3, 0.4) is 0 Å². The van der Waals surface area contributed by atoms with Gasteiger partial charge in [-0.15, -0.1) is 12.4 Å². The van der Waals surface area contributed by atoms with Crippen molar-refractivity contribution < 1.29 is 9.53 Å². The predicted molar refractivity (Wildman–Crippen MR) is 86.8 cm³/mol. The number of nitrogens with one attached hydrogen (secondary N) is 1. The highest BCUT2D eigenvalue weighted by Crippen LogP contribution is 2.31. The van der Waals surface area contributed by atoms with E-state index < -0.39 is 5.54 Å². The van der Waals surface area contributed by atoms with Gasteiger partial charge in [-0.05, 0) is 32.3 Å². The van der Waals surface area contributed by atoms with Crippen molar-refractivity contribution in [3.05, 3.63) is 29.8 Å². The second kappa shape index (κ2) is 7.66. The molecule has 2 atom stereocenters. The molecule has 118 valence electrons. The van der Waals surface area contributed by atoms with Gasteiger partial charge in [0.05, 0.1) is 18.2 Å². The number of amides is 1. The number of fused-ring (bicyclic) bond motifs is 1. The van der Waals surface area contributed by atoms with E-state index in [1.165, 1.54) is 0 Å². The lowest BCUT2D eigenvalue weighted by molar-refractivity contribution is -0.126. The fraction of sp³-hybridized carbons (Fsp3) is 0.562. The summed E-state index contributed by atoms with van der Waals surface area (Å²) in [6.07, 6.45) is 3.38. The van der Waals surface area contributed by atoms with Gasteiger partial charge in [-0.3, -0.25) is 4.79 Å². The smallest absolute Gasteiger partial charge is 0.240 e. The lowest BCUT2D eigenvalue weighted by atomic mass is 9.94. The van der Waals surface area contributed by atoms with E-state index in [1.807, 2.05) is 31.2 Å². The van der Waals surface area contributed by atoms with E-state index in [0.29, 0.717) is 13.0 Å².